The molecule has 2 unspecified atom stereocenters. The highest BCUT2D eigenvalue weighted by atomic mass is 16.5. The minimum Gasteiger partial charge on any atom is -0.383 e. The molecule has 0 aromatic rings. The van der Waals surface area contributed by atoms with E-state index in [2.05, 4.69) is 32.6 Å². The summed E-state index contributed by atoms with van der Waals surface area (Å²) in [4.78, 5) is 14.6. The number of ketones is 1. The van der Waals surface area contributed by atoms with Crippen molar-refractivity contribution in [3.05, 3.63) is 0 Å². The molecule has 1 fully saturated rings. The van der Waals surface area contributed by atoms with Crippen molar-refractivity contribution in [1.29, 1.82) is 0 Å². The minimum atomic E-state index is 0.217. The van der Waals surface area contributed by atoms with E-state index in [1.54, 1.807) is 7.11 Å². The molecule has 0 heterocycles. The summed E-state index contributed by atoms with van der Waals surface area (Å²) >= 11 is 0. The maximum atomic E-state index is 12.1. The second kappa shape index (κ2) is 7.39. The van der Waals surface area contributed by atoms with E-state index in [0.717, 1.165) is 45.4 Å². The van der Waals surface area contributed by atoms with Crippen molar-refractivity contribution >= 4 is 5.78 Å². The van der Waals surface area contributed by atoms with Crippen LogP contribution in [0, 0.1) is 11.3 Å². The van der Waals surface area contributed by atoms with Crippen LogP contribution < -0.4 is 0 Å². The highest BCUT2D eigenvalue weighted by Crippen LogP contribution is 2.37. The highest BCUT2D eigenvalue weighted by molar-refractivity contribution is 5.82. The van der Waals surface area contributed by atoms with Crippen LogP contribution in [-0.4, -0.2) is 43.5 Å². The Morgan fingerprint density at radius 3 is 2.74 bits per heavy atom. The Morgan fingerprint density at radius 1 is 1.47 bits per heavy atom. The molecule has 3 nitrogen and oxygen atoms in total. The average Bonchev–Trinajstić information content (AvgIpc) is 2.37. The zero-order valence-electron chi connectivity index (χ0n) is 13.4. The molecule has 19 heavy (non-hydrogen) atoms. The van der Waals surface area contributed by atoms with E-state index < -0.39 is 0 Å². The van der Waals surface area contributed by atoms with Gasteiger partial charge in [-0.15, -0.1) is 0 Å². The van der Waals surface area contributed by atoms with Crippen molar-refractivity contribution in [3.8, 4) is 0 Å². The Morgan fingerprint density at radius 2 is 2.16 bits per heavy atom. The third-order valence-electron chi connectivity index (χ3n) is 4.55. The Bertz CT molecular complexity index is 288. The van der Waals surface area contributed by atoms with Crippen molar-refractivity contribution in [2.24, 2.45) is 11.3 Å². The zero-order valence-corrected chi connectivity index (χ0v) is 13.4. The zero-order chi connectivity index (χ0) is 14.5. The Labute approximate surface area is 118 Å². The standard InChI is InChI=1S/C16H31NO2/c1-6-13(2)17(9-10-19-5)12-14-11-16(3,4)8-7-15(14)18/h13-14H,6-12H2,1-5H3. The van der Waals surface area contributed by atoms with Gasteiger partial charge in [0.05, 0.1) is 6.61 Å². The third-order valence-corrected chi connectivity index (χ3v) is 4.55. The molecular weight excluding hydrogens is 238 g/mol. The van der Waals surface area contributed by atoms with E-state index in [-0.39, 0.29) is 5.92 Å². The highest BCUT2D eigenvalue weighted by Gasteiger charge is 2.34. The summed E-state index contributed by atoms with van der Waals surface area (Å²) in [6.07, 6.45) is 3.96. The number of methoxy groups -OCH3 is 1. The summed E-state index contributed by atoms with van der Waals surface area (Å²) < 4.78 is 5.20. The van der Waals surface area contributed by atoms with Crippen LogP contribution in [0.3, 0.4) is 0 Å². The van der Waals surface area contributed by atoms with E-state index in [4.69, 9.17) is 4.74 Å². The maximum absolute atomic E-state index is 12.1. The van der Waals surface area contributed by atoms with Gasteiger partial charge in [0.1, 0.15) is 5.78 Å². The smallest absolute Gasteiger partial charge is 0.137 e. The van der Waals surface area contributed by atoms with Gasteiger partial charge in [0.15, 0.2) is 0 Å². The minimum absolute atomic E-state index is 0.217. The molecule has 1 aliphatic rings. The summed E-state index contributed by atoms with van der Waals surface area (Å²) in [5.41, 5.74) is 0.320. The fraction of sp³-hybridized carbons (Fsp3) is 0.938. The largest absolute Gasteiger partial charge is 0.383 e. The van der Waals surface area contributed by atoms with Crippen LogP contribution >= 0.6 is 0 Å². The van der Waals surface area contributed by atoms with E-state index >= 15 is 0 Å². The van der Waals surface area contributed by atoms with Crippen LogP contribution in [0.2, 0.25) is 0 Å². The number of hydrogen-bond acceptors (Lipinski definition) is 3. The molecule has 0 radical (unpaired) electrons. The Kier molecular flexibility index (Phi) is 6.48. The predicted octanol–water partition coefficient (Wildman–Crippen LogP) is 3.13. The van der Waals surface area contributed by atoms with Gasteiger partial charge in [0.25, 0.3) is 0 Å². The summed E-state index contributed by atoms with van der Waals surface area (Å²) in [6.45, 7) is 11.6. The van der Waals surface area contributed by atoms with Crippen molar-refractivity contribution in [2.45, 2.75) is 59.4 Å². The number of carbonyl (C=O) groups is 1. The SMILES string of the molecule is CCC(C)N(CCOC)CC1CC(C)(C)CCC1=O. The lowest BCUT2D eigenvalue weighted by molar-refractivity contribution is -0.128. The topological polar surface area (TPSA) is 29.5 Å². The van der Waals surface area contributed by atoms with Gasteiger partial charge >= 0.3 is 0 Å². The monoisotopic (exact) mass is 269 g/mol. The first-order chi connectivity index (χ1) is 8.89. The molecule has 1 rings (SSSR count). The molecule has 3 heteroatoms. The molecule has 0 bridgehead atoms. The fourth-order valence-corrected chi connectivity index (χ4v) is 2.96. The number of rotatable bonds is 7. The van der Waals surface area contributed by atoms with E-state index in [1.807, 2.05) is 0 Å². The quantitative estimate of drug-likeness (QED) is 0.711. The third kappa shape index (κ3) is 5.23. The number of nitrogens with zero attached hydrogens (tertiary/aromatic N) is 1. The Balaban J connectivity index is 2.62. The molecule has 1 saturated carbocycles. The van der Waals surface area contributed by atoms with Gasteiger partial charge in [0.2, 0.25) is 0 Å². The maximum Gasteiger partial charge on any atom is 0.137 e. The molecule has 0 aliphatic heterocycles. The van der Waals surface area contributed by atoms with Crippen LogP contribution in [0.25, 0.3) is 0 Å². The first-order valence-corrected chi connectivity index (χ1v) is 7.65. The summed E-state index contributed by atoms with van der Waals surface area (Å²) in [7, 11) is 1.74. The van der Waals surface area contributed by atoms with Crippen LogP contribution in [0.5, 0.6) is 0 Å². The molecule has 0 N–H and O–H groups in total. The lowest BCUT2D eigenvalue weighted by Crippen LogP contribution is -2.43. The van der Waals surface area contributed by atoms with Crippen molar-refractivity contribution in [2.75, 3.05) is 26.8 Å². The summed E-state index contributed by atoms with van der Waals surface area (Å²) in [6, 6.07) is 0.521. The number of ether oxygens (including phenoxy) is 1. The molecule has 0 aromatic carbocycles. The molecule has 112 valence electrons. The molecule has 0 amide bonds. The first-order valence-electron chi connectivity index (χ1n) is 7.65. The lowest BCUT2D eigenvalue weighted by atomic mass is 9.71. The predicted molar refractivity (Wildman–Crippen MR) is 79.3 cm³/mol. The molecule has 0 spiro atoms. The van der Waals surface area contributed by atoms with Crippen LogP contribution in [-0.2, 0) is 9.53 Å². The van der Waals surface area contributed by atoms with Crippen LogP contribution in [0.4, 0.5) is 0 Å². The van der Waals surface area contributed by atoms with Gasteiger partial charge in [-0.1, -0.05) is 20.8 Å². The number of hydrogen-bond donors (Lipinski definition) is 0. The van der Waals surface area contributed by atoms with Gasteiger partial charge < -0.3 is 4.74 Å². The van der Waals surface area contributed by atoms with Crippen molar-refractivity contribution in [3.63, 3.8) is 0 Å². The Hall–Kier alpha value is -0.410. The second-order valence-electron chi connectivity index (χ2n) is 6.78. The summed E-state index contributed by atoms with van der Waals surface area (Å²) in [5.74, 6) is 0.680. The van der Waals surface area contributed by atoms with Crippen molar-refractivity contribution in [1.82, 2.24) is 4.90 Å². The average molecular weight is 269 g/mol. The van der Waals surface area contributed by atoms with Crippen molar-refractivity contribution < 1.29 is 9.53 Å². The van der Waals surface area contributed by atoms with Crippen LogP contribution in [0.15, 0.2) is 0 Å². The first kappa shape index (κ1) is 16.6. The molecule has 0 aromatic heterocycles. The van der Waals surface area contributed by atoms with Gasteiger partial charge in [-0.05, 0) is 31.6 Å². The lowest BCUT2D eigenvalue weighted by Gasteiger charge is -2.38. The molecular formula is C16H31NO2. The summed E-state index contributed by atoms with van der Waals surface area (Å²) in [5, 5.41) is 0. The fourth-order valence-electron chi connectivity index (χ4n) is 2.96. The van der Waals surface area contributed by atoms with Crippen LogP contribution in [0.1, 0.15) is 53.4 Å². The van der Waals surface area contributed by atoms with Gasteiger partial charge in [0, 0.05) is 38.6 Å². The van der Waals surface area contributed by atoms with E-state index in [9.17, 15) is 4.79 Å². The molecule has 1 aliphatic carbocycles. The van der Waals surface area contributed by atoms with Gasteiger partial charge in [-0.25, -0.2) is 0 Å². The van der Waals surface area contributed by atoms with Gasteiger partial charge in [-0.3, -0.25) is 9.69 Å². The molecule has 2 atom stereocenters. The second-order valence-corrected chi connectivity index (χ2v) is 6.78. The van der Waals surface area contributed by atoms with E-state index in [1.165, 1.54) is 0 Å². The molecule has 0 saturated heterocycles. The van der Waals surface area contributed by atoms with E-state index in [0.29, 0.717) is 17.2 Å². The normalized spacial score (nSPS) is 24.7. The number of Topliss-reactive ketones (excluding diaryl/α,β-unsaturated/α-hetero) is 1. The number of carbonyl (C=O) groups excluding carboxylic acids is 1. The van der Waals surface area contributed by atoms with Gasteiger partial charge in [-0.2, -0.15) is 0 Å².